The molecule has 4 heteroatoms. The van der Waals surface area contributed by atoms with Crippen LogP contribution in [0.1, 0.15) is 19.8 Å². The van der Waals surface area contributed by atoms with Crippen LogP contribution in [-0.2, 0) is 4.79 Å². The van der Waals surface area contributed by atoms with E-state index in [1.54, 1.807) is 0 Å². The highest BCUT2D eigenvalue weighted by Crippen LogP contribution is 2.26. The van der Waals surface area contributed by atoms with E-state index in [2.05, 4.69) is 4.90 Å². The Morgan fingerprint density at radius 3 is 2.62 bits per heavy atom. The molecule has 1 atom stereocenters. The Morgan fingerprint density at radius 2 is 2.23 bits per heavy atom. The summed E-state index contributed by atoms with van der Waals surface area (Å²) in [5, 5.41) is 0. The first-order chi connectivity index (χ1) is 6.15. The molecule has 0 spiro atoms. The van der Waals surface area contributed by atoms with E-state index in [9.17, 15) is 4.79 Å². The molecule has 13 heavy (non-hydrogen) atoms. The molecule has 1 saturated carbocycles. The fraction of sp³-hybridized carbons (Fsp3) is 0.889. The van der Waals surface area contributed by atoms with E-state index in [0.717, 1.165) is 13.1 Å². The summed E-state index contributed by atoms with van der Waals surface area (Å²) in [6.45, 7) is 4.16. The Hall–Kier alpha value is -0.610. The summed E-state index contributed by atoms with van der Waals surface area (Å²) < 4.78 is 0. The number of carbonyl (C=O) groups is 1. The molecule has 0 aromatic heterocycles. The Kier molecular flexibility index (Phi) is 3.69. The predicted molar refractivity (Wildman–Crippen MR) is 52.0 cm³/mol. The number of rotatable bonds is 6. The second-order valence-electron chi connectivity index (χ2n) is 3.82. The van der Waals surface area contributed by atoms with E-state index in [1.807, 2.05) is 6.92 Å². The molecule has 0 saturated heterocycles. The normalized spacial score (nSPS) is 19.0. The number of nitrogens with two attached hydrogens (primary N) is 2. The largest absolute Gasteiger partial charge is 0.369 e. The number of amides is 1. The van der Waals surface area contributed by atoms with E-state index in [-0.39, 0.29) is 11.8 Å². The lowest BCUT2D eigenvalue weighted by Crippen LogP contribution is -2.38. The fourth-order valence-electron chi connectivity index (χ4n) is 1.47. The van der Waals surface area contributed by atoms with Crippen molar-refractivity contribution < 1.29 is 4.79 Å². The summed E-state index contributed by atoms with van der Waals surface area (Å²) >= 11 is 0. The first kappa shape index (κ1) is 10.5. The third-order valence-corrected chi connectivity index (χ3v) is 2.47. The van der Waals surface area contributed by atoms with Crippen molar-refractivity contribution in [2.45, 2.75) is 25.8 Å². The zero-order valence-electron chi connectivity index (χ0n) is 8.20. The summed E-state index contributed by atoms with van der Waals surface area (Å²) in [5.41, 5.74) is 10.7. The molecule has 1 rings (SSSR count). The minimum Gasteiger partial charge on any atom is -0.369 e. The van der Waals surface area contributed by atoms with E-state index < -0.39 is 0 Å². The van der Waals surface area contributed by atoms with Gasteiger partial charge in [-0.15, -0.1) is 0 Å². The molecule has 0 bridgehead atoms. The van der Waals surface area contributed by atoms with Crippen LogP contribution in [0.25, 0.3) is 0 Å². The highest BCUT2D eigenvalue weighted by molar-refractivity contribution is 5.76. The van der Waals surface area contributed by atoms with Gasteiger partial charge in [-0.25, -0.2) is 0 Å². The topological polar surface area (TPSA) is 72.3 Å². The standard InChI is InChI=1S/C9H19N3O/c1-7(9(11)13)6-12(5-4-10)8-2-3-8/h7-8H,2-6,10H2,1H3,(H2,11,13). The van der Waals surface area contributed by atoms with Gasteiger partial charge in [0, 0.05) is 31.6 Å². The molecule has 1 aliphatic carbocycles. The van der Waals surface area contributed by atoms with Crippen LogP contribution >= 0.6 is 0 Å². The zero-order chi connectivity index (χ0) is 9.84. The Balaban J connectivity index is 2.32. The lowest BCUT2D eigenvalue weighted by molar-refractivity contribution is -0.121. The molecular formula is C9H19N3O. The lowest BCUT2D eigenvalue weighted by Gasteiger charge is -2.23. The highest BCUT2D eigenvalue weighted by Gasteiger charge is 2.29. The number of hydrogen-bond donors (Lipinski definition) is 2. The van der Waals surface area contributed by atoms with E-state index in [1.165, 1.54) is 12.8 Å². The lowest BCUT2D eigenvalue weighted by atomic mass is 10.1. The van der Waals surface area contributed by atoms with Crippen LogP contribution in [0.15, 0.2) is 0 Å². The van der Waals surface area contributed by atoms with Crippen LogP contribution in [0.5, 0.6) is 0 Å². The molecule has 1 fully saturated rings. The van der Waals surface area contributed by atoms with Gasteiger partial charge in [-0.05, 0) is 12.8 Å². The summed E-state index contributed by atoms with van der Waals surface area (Å²) in [5.74, 6) is -0.283. The molecule has 4 N–H and O–H groups in total. The van der Waals surface area contributed by atoms with Crippen molar-refractivity contribution in [3.8, 4) is 0 Å². The van der Waals surface area contributed by atoms with Crippen molar-refractivity contribution in [1.82, 2.24) is 4.90 Å². The minimum atomic E-state index is -0.220. The SMILES string of the molecule is CC(CN(CCN)C1CC1)C(N)=O. The van der Waals surface area contributed by atoms with E-state index >= 15 is 0 Å². The zero-order valence-corrected chi connectivity index (χ0v) is 8.20. The average molecular weight is 185 g/mol. The van der Waals surface area contributed by atoms with Crippen molar-refractivity contribution >= 4 is 5.91 Å². The van der Waals surface area contributed by atoms with Crippen LogP contribution in [0.2, 0.25) is 0 Å². The van der Waals surface area contributed by atoms with Crippen molar-refractivity contribution in [1.29, 1.82) is 0 Å². The number of carbonyl (C=O) groups excluding carboxylic acids is 1. The molecule has 0 heterocycles. The Labute approximate surface area is 79.3 Å². The van der Waals surface area contributed by atoms with E-state index in [0.29, 0.717) is 12.6 Å². The molecule has 0 aromatic rings. The third-order valence-electron chi connectivity index (χ3n) is 2.47. The molecule has 1 unspecified atom stereocenters. The minimum absolute atomic E-state index is 0.0628. The van der Waals surface area contributed by atoms with Gasteiger partial charge in [-0.3, -0.25) is 9.69 Å². The molecule has 0 aromatic carbocycles. The third kappa shape index (κ3) is 3.32. The maximum absolute atomic E-state index is 10.8. The maximum Gasteiger partial charge on any atom is 0.221 e. The first-order valence-corrected chi connectivity index (χ1v) is 4.88. The number of hydrogen-bond acceptors (Lipinski definition) is 3. The number of nitrogens with zero attached hydrogens (tertiary/aromatic N) is 1. The summed E-state index contributed by atoms with van der Waals surface area (Å²) in [4.78, 5) is 13.1. The van der Waals surface area contributed by atoms with Crippen molar-refractivity contribution in [2.24, 2.45) is 17.4 Å². The maximum atomic E-state index is 10.8. The van der Waals surface area contributed by atoms with Crippen LogP contribution < -0.4 is 11.5 Å². The van der Waals surface area contributed by atoms with Crippen molar-refractivity contribution in [3.05, 3.63) is 0 Å². The van der Waals surface area contributed by atoms with Crippen LogP contribution in [0.3, 0.4) is 0 Å². The predicted octanol–water partition coefficient (Wildman–Crippen LogP) is -0.469. The molecule has 0 radical (unpaired) electrons. The highest BCUT2D eigenvalue weighted by atomic mass is 16.1. The van der Waals surface area contributed by atoms with Gasteiger partial charge < -0.3 is 11.5 Å². The second-order valence-corrected chi connectivity index (χ2v) is 3.82. The van der Waals surface area contributed by atoms with Gasteiger partial charge >= 0.3 is 0 Å². The molecule has 1 amide bonds. The molecular weight excluding hydrogens is 166 g/mol. The molecule has 0 aliphatic heterocycles. The van der Waals surface area contributed by atoms with Gasteiger partial charge in [0.2, 0.25) is 5.91 Å². The summed E-state index contributed by atoms with van der Waals surface area (Å²) in [6, 6.07) is 0.658. The fourth-order valence-corrected chi connectivity index (χ4v) is 1.47. The monoisotopic (exact) mass is 185 g/mol. The van der Waals surface area contributed by atoms with Gasteiger partial charge in [-0.1, -0.05) is 6.92 Å². The number of primary amides is 1. The van der Waals surface area contributed by atoms with Crippen LogP contribution in [0, 0.1) is 5.92 Å². The summed E-state index contributed by atoms with van der Waals surface area (Å²) in [6.07, 6.45) is 2.48. The Morgan fingerprint density at radius 1 is 1.62 bits per heavy atom. The average Bonchev–Trinajstić information content (AvgIpc) is 2.85. The summed E-state index contributed by atoms with van der Waals surface area (Å²) in [7, 11) is 0. The smallest absolute Gasteiger partial charge is 0.221 e. The quantitative estimate of drug-likeness (QED) is 0.587. The van der Waals surface area contributed by atoms with Crippen molar-refractivity contribution in [3.63, 3.8) is 0 Å². The molecule has 1 aliphatic rings. The molecule has 4 nitrogen and oxygen atoms in total. The second kappa shape index (κ2) is 4.58. The van der Waals surface area contributed by atoms with E-state index in [4.69, 9.17) is 11.5 Å². The van der Waals surface area contributed by atoms with Gasteiger partial charge in [-0.2, -0.15) is 0 Å². The van der Waals surface area contributed by atoms with Gasteiger partial charge in [0.1, 0.15) is 0 Å². The van der Waals surface area contributed by atoms with Crippen LogP contribution in [0.4, 0.5) is 0 Å². The van der Waals surface area contributed by atoms with Gasteiger partial charge in [0.25, 0.3) is 0 Å². The Bertz CT molecular complexity index is 180. The van der Waals surface area contributed by atoms with Crippen LogP contribution in [-0.4, -0.2) is 36.5 Å². The van der Waals surface area contributed by atoms with Gasteiger partial charge in [0.15, 0.2) is 0 Å². The molecule has 76 valence electrons. The first-order valence-electron chi connectivity index (χ1n) is 4.88. The van der Waals surface area contributed by atoms with Gasteiger partial charge in [0.05, 0.1) is 0 Å². The van der Waals surface area contributed by atoms with Crippen molar-refractivity contribution in [2.75, 3.05) is 19.6 Å².